The first-order valence-corrected chi connectivity index (χ1v) is 10.5. The van der Waals surface area contributed by atoms with E-state index in [2.05, 4.69) is 11.6 Å². The molecule has 0 spiro atoms. The molecule has 0 unspecified atom stereocenters. The number of ether oxygens (including phenoxy) is 1. The fraction of sp³-hybridized carbons (Fsp3) is 0.125. The maximum absolute atomic E-state index is 13.0. The third-order valence-electron chi connectivity index (χ3n) is 4.92. The van der Waals surface area contributed by atoms with Crippen LogP contribution in [0.15, 0.2) is 84.5 Å². The Hall–Kier alpha value is -3.71. The smallest absolute Gasteiger partial charge is 0.295 e. The van der Waals surface area contributed by atoms with Gasteiger partial charge in [-0.15, -0.1) is 11.3 Å². The third kappa shape index (κ3) is 4.13. The summed E-state index contributed by atoms with van der Waals surface area (Å²) < 4.78 is 5.47. The Balaban J connectivity index is 1.75. The number of carbonyl (C=O) groups excluding carboxylic acids is 2. The molecule has 156 valence electrons. The molecule has 4 rings (SSSR count). The molecule has 3 aromatic rings. The highest BCUT2D eigenvalue weighted by molar-refractivity contribution is 7.10. The number of likely N-dealkylation sites (tertiary alicyclic amines) is 1. The maximum Gasteiger partial charge on any atom is 0.295 e. The standard InChI is InChI=1S/C24H20N2O4S/c1-2-12-30-18-9-7-17(8-10-18)22(27)20-21(19-6-4-13-31-19)26(24(29)23(20)28)15-16-5-3-11-25-14-16/h2-11,13-14,21,27H,1,12,15H2/t21-/m1/s1. The van der Waals surface area contributed by atoms with Crippen LogP contribution in [-0.4, -0.2) is 33.3 Å². The lowest BCUT2D eigenvalue weighted by Crippen LogP contribution is -2.28. The second-order valence-corrected chi connectivity index (χ2v) is 7.91. The quantitative estimate of drug-likeness (QED) is 0.260. The summed E-state index contributed by atoms with van der Waals surface area (Å²) in [5, 5.41) is 12.9. The minimum absolute atomic E-state index is 0.0797. The van der Waals surface area contributed by atoms with E-state index in [0.717, 1.165) is 10.4 Å². The number of ketones is 1. The van der Waals surface area contributed by atoms with E-state index in [9.17, 15) is 14.7 Å². The van der Waals surface area contributed by atoms with Crippen LogP contribution < -0.4 is 4.74 Å². The zero-order valence-electron chi connectivity index (χ0n) is 16.6. The van der Waals surface area contributed by atoms with Crippen LogP contribution in [0.2, 0.25) is 0 Å². The highest BCUT2D eigenvalue weighted by Crippen LogP contribution is 2.41. The second-order valence-electron chi connectivity index (χ2n) is 6.93. The van der Waals surface area contributed by atoms with Crippen molar-refractivity contribution < 1.29 is 19.4 Å². The van der Waals surface area contributed by atoms with Crippen molar-refractivity contribution in [3.05, 3.63) is 101 Å². The Morgan fingerprint density at radius 3 is 2.65 bits per heavy atom. The Morgan fingerprint density at radius 2 is 2.00 bits per heavy atom. The Bertz CT molecular complexity index is 1120. The van der Waals surface area contributed by atoms with E-state index < -0.39 is 17.7 Å². The average molecular weight is 433 g/mol. The molecule has 1 amide bonds. The molecule has 7 heteroatoms. The van der Waals surface area contributed by atoms with Crippen LogP contribution in [0.3, 0.4) is 0 Å². The number of benzene rings is 1. The van der Waals surface area contributed by atoms with Crippen LogP contribution in [0.5, 0.6) is 5.75 Å². The lowest BCUT2D eigenvalue weighted by molar-refractivity contribution is -0.140. The molecular weight excluding hydrogens is 412 g/mol. The number of thiophene rings is 1. The molecule has 6 nitrogen and oxygen atoms in total. The molecular formula is C24H20N2O4S. The van der Waals surface area contributed by atoms with Crippen molar-refractivity contribution in [1.82, 2.24) is 9.88 Å². The highest BCUT2D eigenvalue weighted by Gasteiger charge is 2.46. The van der Waals surface area contributed by atoms with Gasteiger partial charge in [0.15, 0.2) is 0 Å². The van der Waals surface area contributed by atoms with Gasteiger partial charge in [-0.25, -0.2) is 0 Å². The number of amides is 1. The van der Waals surface area contributed by atoms with Crippen LogP contribution >= 0.6 is 11.3 Å². The fourth-order valence-corrected chi connectivity index (χ4v) is 4.34. The highest BCUT2D eigenvalue weighted by atomic mass is 32.1. The van der Waals surface area contributed by atoms with Gasteiger partial charge in [0.25, 0.3) is 11.7 Å². The number of aliphatic hydroxyl groups is 1. The van der Waals surface area contributed by atoms with Crippen molar-refractivity contribution >= 4 is 28.8 Å². The third-order valence-corrected chi connectivity index (χ3v) is 5.85. The van der Waals surface area contributed by atoms with Gasteiger partial charge in [-0.3, -0.25) is 14.6 Å². The first-order valence-electron chi connectivity index (χ1n) is 9.65. The zero-order valence-corrected chi connectivity index (χ0v) is 17.4. The molecule has 1 fully saturated rings. The van der Waals surface area contributed by atoms with E-state index in [0.29, 0.717) is 17.9 Å². The number of hydrogen-bond donors (Lipinski definition) is 1. The number of rotatable bonds is 7. The molecule has 0 saturated carbocycles. The molecule has 1 saturated heterocycles. The monoisotopic (exact) mass is 432 g/mol. The SMILES string of the molecule is C=CCOc1ccc(C(O)=C2C(=O)C(=O)N(Cc3cccnc3)[C@@H]2c2cccs2)cc1. The minimum atomic E-state index is -0.702. The Labute approximate surface area is 183 Å². The molecule has 0 bridgehead atoms. The summed E-state index contributed by atoms with van der Waals surface area (Å²) in [5.74, 6) is -0.939. The summed E-state index contributed by atoms with van der Waals surface area (Å²) in [6.07, 6.45) is 4.95. The molecule has 1 N–H and O–H groups in total. The molecule has 1 aliphatic rings. The van der Waals surface area contributed by atoms with Gasteiger partial charge < -0.3 is 14.7 Å². The van der Waals surface area contributed by atoms with E-state index in [1.54, 1.807) is 48.8 Å². The van der Waals surface area contributed by atoms with E-state index in [1.165, 1.54) is 16.2 Å². The van der Waals surface area contributed by atoms with Gasteiger partial charge in [-0.1, -0.05) is 24.8 Å². The van der Waals surface area contributed by atoms with Crippen LogP contribution in [0, 0.1) is 0 Å². The number of aliphatic hydroxyl groups excluding tert-OH is 1. The predicted molar refractivity (Wildman–Crippen MR) is 119 cm³/mol. The summed E-state index contributed by atoms with van der Waals surface area (Å²) in [5.41, 5.74) is 1.32. The van der Waals surface area contributed by atoms with E-state index in [-0.39, 0.29) is 17.9 Å². The number of hydrogen-bond acceptors (Lipinski definition) is 6. The minimum Gasteiger partial charge on any atom is -0.507 e. The lowest BCUT2D eigenvalue weighted by Gasteiger charge is -2.24. The van der Waals surface area contributed by atoms with Crippen molar-refractivity contribution in [2.75, 3.05) is 6.61 Å². The number of nitrogens with zero attached hydrogens (tertiary/aromatic N) is 2. The first-order chi connectivity index (χ1) is 15.1. The topological polar surface area (TPSA) is 79.7 Å². The normalized spacial score (nSPS) is 17.7. The van der Waals surface area contributed by atoms with Gasteiger partial charge in [-0.05, 0) is 47.3 Å². The number of Topliss-reactive ketones (excluding diaryl/α,β-unsaturated/α-hetero) is 1. The van der Waals surface area contributed by atoms with Gasteiger partial charge >= 0.3 is 0 Å². The van der Waals surface area contributed by atoms with Crippen LogP contribution in [0.1, 0.15) is 22.0 Å². The predicted octanol–water partition coefficient (Wildman–Crippen LogP) is 4.33. The molecule has 1 aliphatic heterocycles. The Morgan fingerprint density at radius 1 is 1.19 bits per heavy atom. The number of pyridine rings is 1. The van der Waals surface area contributed by atoms with Crippen molar-refractivity contribution in [3.8, 4) is 5.75 Å². The van der Waals surface area contributed by atoms with Gasteiger partial charge in [0.05, 0.1) is 11.6 Å². The van der Waals surface area contributed by atoms with Crippen LogP contribution in [0.25, 0.3) is 5.76 Å². The van der Waals surface area contributed by atoms with E-state index >= 15 is 0 Å². The molecule has 0 aliphatic carbocycles. The summed E-state index contributed by atoms with van der Waals surface area (Å²) in [7, 11) is 0. The van der Waals surface area contributed by atoms with E-state index in [1.807, 2.05) is 23.6 Å². The van der Waals surface area contributed by atoms with Crippen LogP contribution in [0.4, 0.5) is 0 Å². The first kappa shape index (κ1) is 20.6. The van der Waals surface area contributed by atoms with Gasteiger partial charge in [-0.2, -0.15) is 0 Å². The molecule has 2 aromatic heterocycles. The fourth-order valence-electron chi connectivity index (χ4n) is 3.49. The summed E-state index contributed by atoms with van der Waals surface area (Å²) in [4.78, 5) is 32.3. The largest absolute Gasteiger partial charge is 0.507 e. The van der Waals surface area contributed by atoms with Crippen molar-refractivity contribution in [2.45, 2.75) is 12.6 Å². The average Bonchev–Trinajstić information content (AvgIpc) is 3.41. The molecule has 3 heterocycles. The summed E-state index contributed by atoms with van der Waals surface area (Å²) in [6, 6.07) is 13.4. The van der Waals surface area contributed by atoms with Crippen molar-refractivity contribution in [2.24, 2.45) is 0 Å². The van der Waals surface area contributed by atoms with Gasteiger partial charge in [0.2, 0.25) is 0 Å². The lowest BCUT2D eigenvalue weighted by atomic mass is 9.99. The van der Waals surface area contributed by atoms with Crippen molar-refractivity contribution in [3.63, 3.8) is 0 Å². The second kappa shape index (κ2) is 8.97. The maximum atomic E-state index is 13.0. The molecule has 1 aromatic carbocycles. The number of carbonyl (C=O) groups is 2. The summed E-state index contributed by atoms with van der Waals surface area (Å²) in [6.45, 7) is 4.19. The van der Waals surface area contributed by atoms with Crippen LogP contribution in [-0.2, 0) is 16.1 Å². The van der Waals surface area contributed by atoms with Gasteiger partial charge in [0.1, 0.15) is 18.1 Å². The van der Waals surface area contributed by atoms with E-state index in [4.69, 9.17) is 4.74 Å². The zero-order chi connectivity index (χ0) is 21.8. The molecule has 31 heavy (non-hydrogen) atoms. The Kier molecular flexibility index (Phi) is 5.95. The molecule has 0 radical (unpaired) electrons. The van der Waals surface area contributed by atoms with Crippen molar-refractivity contribution in [1.29, 1.82) is 0 Å². The molecule has 1 atom stereocenters. The summed E-state index contributed by atoms with van der Waals surface area (Å²) >= 11 is 1.43. The van der Waals surface area contributed by atoms with Gasteiger partial charge in [0, 0.05) is 29.4 Å². The number of aromatic nitrogens is 1.